The summed E-state index contributed by atoms with van der Waals surface area (Å²) in [4.78, 5) is 43.4. The summed E-state index contributed by atoms with van der Waals surface area (Å²) in [5.41, 5.74) is 1.55. The van der Waals surface area contributed by atoms with Gasteiger partial charge in [-0.1, -0.05) is 46.4 Å². The summed E-state index contributed by atoms with van der Waals surface area (Å²) >= 11 is 0. The normalized spacial score (nSPS) is 12.2. The second kappa shape index (κ2) is 21.5. The van der Waals surface area contributed by atoms with Gasteiger partial charge in [-0.15, -0.1) is 0 Å². The van der Waals surface area contributed by atoms with Gasteiger partial charge < -0.3 is 29.4 Å². The fourth-order valence-corrected chi connectivity index (χ4v) is 4.74. The topological polar surface area (TPSA) is 124 Å². The molecule has 0 radical (unpaired) electrons. The zero-order chi connectivity index (χ0) is 40.5. The molecule has 3 amide bonds. The van der Waals surface area contributed by atoms with Gasteiger partial charge in [0.05, 0.1) is 17.6 Å². The summed E-state index contributed by atoms with van der Waals surface area (Å²) in [7, 11) is 1.60. The van der Waals surface area contributed by atoms with Gasteiger partial charge in [0.25, 0.3) is 0 Å². The highest BCUT2D eigenvalue weighted by Crippen LogP contribution is 2.30. The predicted molar refractivity (Wildman–Crippen MR) is 214 cm³/mol. The number of aryl methyl sites for hydroxylation is 1. The van der Waals surface area contributed by atoms with Crippen LogP contribution in [0.2, 0.25) is 0 Å². The first-order chi connectivity index (χ1) is 24.8. The van der Waals surface area contributed by atoms with Crippen LogP contribution in [0, 0.1) is 5.92 Å². The monoisotopic (exact) mass is 737 g/mol. The van der Waals surface area contributed by atoms with Gasteiger partial charge >= 0.3 is 12.2 Å². The maximum Gasteiger partial charge on any atom is 0.425 e. The van der Waals surface area contributed by atoms with Crippen molar-refractivity contribution in [1.29, 1.82) is 0 Å². The lowest BCUT2D eigenvalue weighted by Crippen LogP contribution is -2.44. The number of hydrogen-bond acceptors (Lipinski definition) is 8. The van der Waals surface area contributed by atoms with E-state index in [0.717, 1.165) is 27.2 Å². The minimum atomic E-state index is -0.892. The molecule has 1 unspecified atom stereocenters. The van der Waals surface area contributed by atoms with Crippen molar-refractivity contribution in [1.82, 2.24) is 9.55 Å². The van der Waals surface area contributed by atoms with Crippen LogP contribution in [-0.4, -0.2) is 46.0 Å². The molecule has 1 atom stereocenters. The summed E-state index contributed by atoms with van der Waals surface area (Å²) in [6.45, 7) is 26.1. The molecule has 1 aromatic carbocycles. The number of imide groups is 1. The molecule has 0 saturated heterocycles. The van der Waals surface area contributed by atoms with Gasteiger partial charge in [-0.05, 0) is 110 Å². The van der Waals surface area contributed by atoms with Crippen molar-refractivity contribution in [2.75, 3.05) is 22.6 Å². The second-order valence-electron chi connectivity index (χ2n) is 14.0. The molecule has 3 aromatic rings. The number of aromatic nitrogens is 2. The molecule has 3 rings (SSSR count). The average Bonchev–Trinajstić information content (AvgIpc) is 3.41. The maximum atomic E-state index is 13.0. The largest absolute Gasteiger partial charge is 0.443 e. The lowest BCUT2D eigenvalue weighted by Gasteiger charge is -2.28. The van der Waals surface area contributed by atoms with Gasteiger partial charge in [0, 0.05) is 36.7 Å². The van der Waals surface area contributed by atoms with E-state index in [9.17, 15) is 18.8 Å². The molecule has 0 bridgehead atoms. The molecule has 53 heavy (non-hydrogen) atoms. The molecule has 0 aliphatic rings. The number of nitrogens with one attached hydrogen (secondary N) is 2. The second-order valence-corrected chi connectivity index (χ2v) is 14.0. The van der Waals surface area contributed by atoms with Crippen molar-refractivity contribution in [3.63, 3.8) is 0 Å². The number of amides is 3. The Hall–Kier alpha value is -4.97. The summed E-state index contributed by atoms with van der Waals surface area (Å²) in [6.07, 6.45) is 5.35. The average molecular weight is 738 g/mol. The predicted octanol–water partition coefficient (Wildman–Crippen LogP) is 11.1. The molecule has 0 saturated carbocycles. The summed E-state index contributed by atoms with van der Waals surface area (Å²) in [6, 6.07) is 11.1. The number of pyridine rings is 1. The van der Waals surface area contributed by atoms with Crippen LogP contribution in [0.5, 0.6) is 0 Å². The third kappa shape index (κ3) is 15.7. The Morgan fingerprint density at radius 2 is 1.57 bits per heavy atom. The van der Waals surface area contributed by atoms with Crippen LogP contribution >= 0.6 is 0 Å². The zero-order valence-corrected chi connectivity index (χ0v) is 33.8. The number of allylic oxidation sites excluding steroid dienone is 5. The van der Waals surface area contributed by atoms with Gasteiger partial charge in [0.2, 0.25) is 5.91 Å². The quantitative estimate of drug-likeness (QED) is 0.147. The first-order valence-corrected chi connectivity index (χ1v) is 17.9. The molecule has 11 nitrogen and oxygen atoms in total. The number of fused-ring (bicyclic) bond motifs is 1. The molecular weight excluding hydrogens is 677 g/mol. The molecule has 2 aromatic heterocycles. The molecule has 292 valence electrons. The number of ether oxygens (including phenoxy) is 3. The first-order valence-electron chi connectivity index (χ1n) is 17.9. The SMILES string of the molecule is C=C/C=C(F)\C=C/C.CC.CCn1c(C(Nc2ccc(N(C(=O)OC(C)(C)C)C(=O)OC(C)(C)C)nc2)OC)cc2cc(NC(=O)CC(C)C)ccc21. The Morgan fingerprint density at radius 3 is 2.02 bits per heavy atom. The summed E-state index contributed by atoms with van der Waals surface area (Å²) in [5.74, 6) is 0.0420. The van der Waals surface area contributed by atoms with E-state index in [1.54, 1.807) is 67.7 Å². The van der Waals surface area contributed by atoms with Crippen molar-refractivity contribution in [3.8, 4) is 0 Å². The number of carbonyl (C=O) groups is 3. The highest BCUT2D eigenvalue weighted by Gasteiger charge is 2.33. The van der Waals surface area contributed by atoms with E-state index >= 15 is 0 Å². The first kappa shape index (κ1) is 46.1. The van der Waals surface area contributed by atoms with E-state index in [0.29, 0.717) is 18.7 Å². The highest BCUT2D eigenvalue weighted by atomic mass is 19.1. The van der Waals surface area contributed by atoms with Crippen LogP contribution in [-0.2, 0) is 25.5 Å². The summed E-state index contributed by atoms with van der Waals surface area (Å²) in [5, 5.41) is 7.26. The highest BCUT2D eigenvalue weighted by molar-refractivity contribution is 6.08. The van der Waals surface area contributed by atoms with Gasteiger partial charge in [-0.25, -0.2) is 19.0 Å². The van der Waals surface area contributed by atoms with Crippen molar-refractivity contribution in [2.24, 2.45) is 5.92 Å². The Balaban J connectivity index is 0.00000124. The molecule has 2 heterocycles. The zero-order valence-electron chi connectivity index (χ0n) is 33.8. The van der Waals surface area contributed by atoms with Crippen LogP contribution < -0.4 is 15.5 Å². The fraction of sp³-hybridized carbons (Fsp3) is 0.463. The number of halogens is 1. The Kier molecular flexibility index (Phi) is 18.7. The van der Waals surface area contributed by atoms with E-state index in [2.05, 4.69) is 26.8 Å². The number of anilines is 3. The standard InChI is InChI=1S/C32H45N5O6.C7H9F.C2H6/c1-11-36-24-14-12-22(34-27(38)16-20(2)3)17-21(24)18-25(36)28(41-10)35-23-13-15-26(33-19-23)37(29(39)42-31(4,5)6)30(40)43-32(7,8)9;1-3-5-7(8)6-4-2;1-2/h12-15,17-20,28,35H,11,16H2,1-10H3,(H,34,38);3-6H,1H2,2H3;1-2H3/b;6-4-,7-5+;. The van der Waals surface area contributed by atoms with E-state index in [4.69, 9.17) is 14.2 Å². The Morgan fingerprint density at radius 1 is 0.981 bits per heavy atom. The molecule has 0 spiro atoms. The van der Waals surface area contributed by atoms with Gasteiger partial charge in [-0.2, -0.15) is 4.90 Å². The minimum Gasteiger partial charge on any atom is -0.443 e. The van der Waals surface area contributed by atoms with Crippen molar-refractivity contribution >= 4 is 46.2 Å². The number of carbonyl (C=O) groups excluding carboxylic acids is 3. The smallest absolute Gasteiger partial charge is 0.425 e. The number of nitrogens with zero attached hydrogens (tertiary/aromatic N) is 3. The Bertz CT molecular complexity index is 1670. The Labute approximate surface area is 315 Å². The van der Waals surface area contributed by atoms with Crippen molar-refractivity contribution in [3.05, 3.63) is 85.0 Å². The van der Waals surface area contributed by atoms with Crippen LogP contribution in [0.1, 0.15) is 101 Å². The summed E-state index contributed by atoms with van der Waals surface area (Å²) < 4.78 is 31.0. The molecule has 0 fully saturated rings. The molecule has 12 heteroatoms. The van der Waals surface area contributed by atoms with Crippen molar-refractivity contribution in [2.45, 2.75) is 113 Å². The van der Waals surface area contributed by atoms with Crippen LogP contribution in [0.3, 0.4) is 0 Å². The minimum absolute atomic E-state index is 0.0196. The van der Waals surface area contributed by atoms with E-state index in [1.165, 1.54) is 30.5 Å². The number of methoxy groups -OCH3 is 1. The molecule has 2 N–H and O–H groups in total. The van der Waals surface area contributed by atoms with Crippen molar-refractivity contribution < 1.29 is 33.0 Å². The third-order valence-corrected chi connectivity index (χ3v) is 6.66. The van der Waals surface area contributed by atoms with Gasteiger partial charge in [0.1, 0.15) is 22.8 Å². The third-order valence-electron chi connectivity index (χ3n) is 6.66. The lowest BCUT2D eigenvalue weighted by atomic mass is 10.1. The molecular formula is C41H60FN5O6. The number of rotatable bonds is 11. The van der Waals surface area contributed by atoms with E-state index in [-0.39, 0.29) is 23.5 Å². The molecule has 0 aliphatic heterocycles. The van der Waals surface area contributed by atoms with E-state index < -0.39 is 29.6 Å². The van der Waals surface area contributed by atoms with Gasteiger partial charge in [-0.3, -0.25) is 4.79 Å². The lowest BCUT2D eigenvalue weighted by molar-refractivity contribution is -0.116. The van der Waals surface area contributed by atoms with E-state index in [1.807, 2.05) is 58.9 Å². The molecule has 0 aliphatic carbocycles. The van der Waals surface area contributed by atoms with Gasteiger partial charge in [0.15, 0.2) is 6.23 Å². The van der Waals surface area contributed by atoms with Crippen LogP contribution in [0.4, 0.5) is 31.2 Å². The fourth-order valence-electron chi connectivity index (χ4n) is 4.74. The number of benzene rings is 1. The maximum absolute atomic E-state index is 13.0. The van der Waals surface area contributed by atoms with Crippen LogP contribution in [0.25, 0.3) is 10.9 Å². The van der Waals surface area contributed by atoms with Crippen LogP contribution in [0.15, 0.2) is 79.3 Å². The number of hydrogen-bond donors (Lipinski definition) is 2.